The number of halogens is 1. The van der Waals surface area contributed by atoms with Gasteiger partial charge in [0.25, 0.3) is 0 Å². The summed E-state index contributed by atoms with van der Waals surface area (Å²) < 4.78 is 12.1. The second kappa shape index (κ2) is 3.95. The lowest BCUT2D eigenvalue weighted by molar-refractivity contribution is 0.126. The van der Waals surface area contributed by atoms with Crippen LogP contribution in [0.15, 0.2) is 0 Å². The summed E-state index contributed by atoms with van der Waals surface area (Å²) in [6.07, 6.45) is 6.25. The van der Waals surface area contributed by atoms with Gasteiger partial charge in [0.1, 0.15) is 0 Å². The number of unbranched alkanes of at least 4 members (excludes halogenated alkanes) is 1. The molecule has 2 unspecified atom stereocenters. The molecule has 2 atom stereocenters. The molecule has 0 nitrogen and oxygen atoms in total. The second-order valence-corrected chi connectivity index (χ2v) is 3.39. The van der Waals surface area contributed by atoms with Gasteiger partial charge in [0, 0.05) is 0 Å². The zero-order valence-corrected chi connectivity index (χ0v) is 6.78. The summed E-state index contributed by atoms with van der Waals surface area (Å²) in [7, 11) is 0. The lowest BCUT2D eigenvalue weighted by atomic mass is 9.72. The molecule has 1 fully saturated rings. The van der Waals surface area contributed by atoms with Crippen LogP contribution in [0.5, 0.6) is 0 Å². The Morgan fingerprint density at radius 3 is 2.40 bits per heavy atom. The summed E-state index contributed by atoms with van der Waals surface area (Å²) in [6.45, 7) is 2.12. The molecule has 0 heterocycles. The van der Waals surface area contributed by atoms with E-state index in [-0.39, 0.29) is 6.67 Å². The van der Waals surface area contributed by atoms with Crippen LogP contribution < -0.4 is 0 Å². The maximum absolute atomic E-state index is 12.1. The van der Waals surface area contributed by atoms with E-state index >= 15 is 0 Å². The van der Waals surface area contributed by atoms with Gasteiger partial charge in [0.05, 0.1) is 6.67 Å². The van der Waals surface area contributed by atoms with Crippen molar-refractivity contribution in [2.24, 2.45) is 11.8 Å². The molecule has 0 aromatic rings. The fourth-order valence-electron chi connectivity index (χ4n) is 1.69. The summed E-state index contributed by atoms with van der Waals surface area (Å²) in [5.74, 6) is 1.18. The van der Waals surface area contributed by atoms with Crippen molar-refractivity contribution in [1.29, 1.82) is 0 Å². The van der Waals surface area contributed by atoms with Crippen molar-refractivity contribution < 1.29 is 4.39 Å². The van der Waals surface area contributed by atoms with Gasteiger partial charge in [-0.1, -0.05) is 26.2 Å². The Hall–Kier alpha value is -0.0700. The van der Waals surface area contributed by atoms with Crippen LogP contribution in [0.25, 0.3) is 0 Å². The van der Waals surface area contributed by atoms with E-state index < -0.39 is 0 Å². The van der Waals surface area contributed by atoms with Crippen LogP contribution in [-0.2, 0) is 0 Å². The Morgan fingerprint density at radius 1 is 1.30 bits per heavy atom. The van der Waals surface area contributed by atoms with Crippen LogP contribution in [0.4, 0.5) is 4.39 Å². The first-order valence-electron chi connectivity index (χ1n) is 4.44. The largest absolute Gasteiger partial charge is 0.251 e. The van der Waals surface area contributed by atoms with Crippen LogP contribution in [0.2, 0.25) is 0 Å². The quantitative estimate of drug-likeness (QED) is 0.568. The topological polar surface area (TPSA) is 0 Å². The summed E-state index contributed by atoms with van der Waals surface area (Å²) in [6, 6.07) is 0. The van der Waals surface area contributed by atoms with E-state index in [0.717, 1.165) is 12.3 Å². The van der Waals surface area contributed by atoms with Gasteiger partial charge < -0.3 is 0 Å². The molecule has 0 aliphatic heterocycles. The normalized spacial score (nSPS) is 31.8. The molecule has 1 heteroatoms. The zero-order valence-electron chi connectivity index (χ0n) is 6.78. The highest BCUT2D eigenvalue weighted by atomic mass is 19.1. The van der Waals surface area contributed by atoms with E-state index in [1.54, 1.807) is 0 Å². The zero-order chi connectivity index (χ0) is 7.40. The molecular formula is C9H17F. The minimum atomic E-state index is -0.0750. The van der Waals surface area contributed by atoms with Crippen LogP contribution >= 0.6 is 0 Å². The first-order valence-corrected chi connectivity index (χ1v) is 4.44. The molecule has 0 aromatic heterocycles. The fraction of sp³-hybridized carbons (Fsp3) is 1.00. The maximum Gasteiger partial charge on any atom is 0.0925 e. The second-order valence-electron chi connectivity index (χ2n) is 3.39. The third-order valence-electron chi connectivity index (χ3n) is 2.70. The standard InChI is InChI=1S/C9H17F/c1-2-3-4-8-5-6-9(8)7-10/h8-9H,2-7H2,1H3. The van der Waals surface area contributed by atoms with Crippen molar-refractivity contribution in [1.82, 2.24) is 0 Å². The van der Waals surface area contributed by atoms with Gasteiger partial charge >= 0.3 is 0 Å². The number of hydrogen-bond acceptors (Lipinski definition) is 0. The first kappa shape index (κ1) is 8.03. The summed E-state index contributed by atoms with van der Waals surface area (Å²) in [4.78, 5) is 0. The van der Waals surface area contributed by atoms with E-state index in [2.05, 4.69) is 6.92 Å². The van der Waals surface area contributed by atoms with Gasteiger partial charge in [-0.2, -0.15) is 0 Å². The van der Waals surface area contributed by atoms with E-state index in [0.29, 0.717) is 5.92 Å². The van der Waals surface area contributed by atoms with Crippen molar-refractivity contribution in [2.45, 2.75) is 39.0 Å². The Balaban J connectivity index is 2.05. The first-order chi connectivity index (χ1) is 4.88. The van der Waals surface area contributed by atoms with Crippen LogP contribution in [0, 0.1) is 11.8 Å². The molecule has 0 spiro atoms. The van der Waals surface area contributed by atoms with Crippen molar-refractivity contribution in [3.8, 4) is 0 Å². The van der Waals surface area contributed by atoms with E-state index in [1.165, 1.54) is 25.7 Å². The van der Waals surface area contributed by atoms with Crippen LogP contribution in [-0.4, -0.2) is 6.67 Å². The highest BCUT2D eigenvalue weighted by molar-refractivity contribution is 4.79. The lowest BCUT2D eigenvalue weighted by Crippen LogP contribution is -2.27. The fourth-order valence-corrected chi connectivity index (χ4v) is 1.69. The summed E-state index contributed by atoms with van der Waals surface area (Å²) in [5, 5.41) is 0. The molecule has 0 bridgehead atoms. The van der Waals surface area contributed by atoms with Crippen molar-refractivity contribution in [2.75, 3.05) is 6.67 Å². The smallest absolute Gasteiger partial charge is 0.0925 e. The van der Waals surface area contributed by atoms with Gasteiger partial charge in [-0.25, -0.2) is 0 Å². The Kier molecular flexibility index (Phi) is 3.17. The number of rotatable bonds is 4. The third-order valence-corrected chi connectivity index (χ3v) is 2.70. The molecule has 1 aliphatic rings. The predicted molar refractivity (Wildman–Crippen MR) is 41.7 cm³/mol. The van der Waals surface area contributed by atoms with E-state index in [9.17, 15) is 4.39 Å². The average Bonchev–Trinajstić information content (AvgIpc) is 1.88. The monoisotopic (exact) mass is 144 g/mol. The minimum Gasteiger partial charge on any atom is -0.251 e. The van der Waals surface area contributed by atoms with Crippen molar-refractivity contribution in [3.05, 3.63) is 0 Å². The van der Waals surface area contributed by atoms with Crippen molar-refractivity contribution >= 4 is 0 Å². The average molecular weight is 144 g/mol. The van der Waals surface area contributed by atoms with Gasteiger partial charge in [0.2, 0.25) is 0 Å². The molecule has 60 valence electrons. The number of alkyl halides is 1. The molecule has 0 saturated heterocycles. The third kappa shape index (κ3) is 1.71. The van der Waals surface area contributed by atoms with E-state index in [1.807, 2.05) is 0 Å². The maximum atomic E-state index is 12.1. The van der Waals surface area contributed by atoms with E-state index in [4.69, 9.17) is 0 Å². The molecule has 1 aliphatic carbocycles. The molecule has 10 heavy (non-hydrogen) atoms. The van der Waals surface area contributed by atoms with Crippen LogP contribution in [0.3, 0.4) is 0 Å². The molecule has 0 radical (unpaired) electrons. The Bertz CT molecular complexity index is 88.7. The molecule has 0 aromatic carbocycles. The Labute approximate surface area is 62.8 Å². The molecule has 0 N–H and O–H groups in total. The van der Waals surface area contributed by atoms with Gasteiger partial charge in [0.15, 0.2) is 0 Å². The summed E-state index contributed by atoms with van der Waals surface area (Å²) >= 11 is 0. The van der Waals surface area contributed by atoms with Gasteiger partial charge in [-0.05, 0) is 24.7 Å². The SMILES string of the molecule is CCCCC1CCC1CF. The highest BCUT2D eigenvalue weighted by Gasteiger charge is 2.29. The molecule has 1 saturated carbocycles. The molecular weight excluding hydrogens is 127 g/mol. The predicted octanol–water partition coefficient (Wildman–Crippen LogP) is 3.17. The van der Waals surface area contributed by atoms with Crippen molar-refractivity contribution in [3.63, 3.8) is 0 Å². The Morgan fingerprint density at radius 2 is 2.00 bits per heavy atom. The lowest BCUT2D eigenvalue weighted by Gasteiger charge is -2.34. The summed E-state index contributed by atoms with van der Waals surface area (Å²) in [5.41, 5.74) is 0. The molecule has 0 amide bonds. The van der Waals surface area contributed by atoms with Gasteiger partial charge in [-0.15, -0.1) is 0 Å². The highest BCUT2D eigenvalue weighted by Crippen LogP contribution is 2.37. The van der Waals surface area contributed by atoms with Crippen LogP contribution in [0.1, 0.15) is 39.0 Å². The number of hydrogen-bond donors (Lipinski definition) is 0. The minimum absolute atomic E-state index is 0.0750. The van der Waals surface area contributed by atoms with Gasteiger partial charge in [-0.3, -0.25) is 4.39 Å². The molecule has 1 rings (SSSR count).